The fourth-order valence-corrected chi connectivity index (χ4v) is 1.35. The quantitative estimate of drug-likeness (QED) is 0.532. The molecule has 4 nitrogen and oxygen atoms in total. The highest BCUT2D eigenvalue weighted by atomic mass is 32.2. The van der Waals surface area contributed by atoms with Crippen molar-refractivity contribution in [2.75, 3.05) is 18.6 Å². The molecule has 0 aromatic heterocycles. The lowest BCUT2D eigenvalue weighted by Gasteiger charge is -2.15. The Morgan fingerprint density at radius 2 is 2.14 bits per heavy atom. The van der Waals surface area contributed by atoms with E-state index in [0.717, 1.165) is 12.3 Å². The molecular weight excluding hydrogens is 200 g/mol. The van der Waals surface area contributed by atoms with Crippen molar-refractivity contribution in [3.63, 3.8) is 0 Å². The summed E-state index contributed by atoms with van der Waals surface area (Å²) in [4.78, 5) is 10.8. The number of hydrogen-bond donors (Lipinski definition) is 3. The van der Waals surface area contributed by atoms with Crippen LogP contribution in [0.5, 0.6) is 0 Å². The molecule has 5 heteroatoms. The van der Waals surface area contributed by atoms with Gasteiger partial charge in [0, 0.05) is 6.54 Å². The van der Waals surface area contributed by atoms with E-state index < -0.39 is 12.0 Å². The molecule has 0 aromatic rings. The molecule has 0 aliphatic carbocycles. The summed E-state index contributed by atoms with van der Waals surface area (Å²) in [5.74, 6) is 0.570. The van der Waals surface area contributed by atoms with E-state index in [-0.39, 0.29) is 0 Å². The molecule has 0 radical (unpaired) electrons. The minimum atomic E-state index is -0.796. The summed E-state index contributed by atoms with van der Waals surface area (Å²) in [5, 5.41) is 8.85. The van der Waals surface area contributed by atoms with Crippen molar-refractivity contribution < 1.29 is 9.90 Å². The second kappa shape index (κ2) is 8.08. The van der Waals surface area contributed by atoms with E-state index in [2.05, 4.69) is 24.7 Å². The molecule has 0 heterocycles. The zero-order chi connectivity index (χ0) is 11.0. The summed E-state index contributed by atoms with van der Waals surface area (Å²) in [7, 11) is 0. The van der Waals surface area contributed by atoms with E-state index in [1.54, 1.807) is 11.8 Å². The van der Waals surface area contributed by atoms with Gasteiger partial charge in [-0.1, -0.05) is 13.8 Å². The van der Waals surface area contributed by atoms with E-state index in [1.165, 1.54) is 0 Å². The maximum Gasteiger partial charge on any atom is 0.322 e. The van der Waals surface area contributed by atoms with E-state index in [0.29, 0.717) is 12.3 Å². The predicted octanol–water partition coefficient (Wildman–Crippen LogP) is 0.943. The van der Waals surface area contributed by atoms with Gasteiger partial charge in [-0.2, -0.15) is 11.8 Å². The Bertz CT molecular complexity index is 165. The van der Waals surface area contributed by atoms with Crippen LogP contribution in [-0.4, -0.2) is 35.7 Å². The van der Waals surface area contributed by atoms with E-state index in [1.807, 2.05) is 6.26 Å². The van der Waals surface area contributed by atoms with Crippen LogP contribution in [0.4, 0.5) is 0 Å². The van der Waals surface area contributed by atoms with Crippen LogP contribution in [0.15, 0.2) is 0 Å². The molecule has 0 aliphatic heterocycles. The molecule has 0 aliphatic rings. The van der Waals surface area contributed by atoms with Crippen LogP contribution in [0.3, 0.4) is 0 Å². The van der Waals surface area contributed by atoms with Gasteiger partial charge in [-0.3, -0.25) is 10.2 Å². The van der Waals surface area contributed by atoms with Crippen LogP contribution in [0.2, 0.25) is 0 Å². The van der Waals surface area contributed by atoms with Crippen molar-refractivity contribution in [1.29, 1.82) is 0 Å². The molecule has 0 unspecified atom stereocenters. The minimum absolute atomic E-state index is 0.485. The third kappa shape index (κ3) is 7.17. The van der Waals surface area contributed by atoms with Crippen LogP contribution in [0, 0.1) is 5.92 Å². The van der Waals surface area contributed by atoms with Crippen LogP contribution < -0.4 is 10.9 Å². The first-order valence-corrected chi connectivity index (χ1v) is 6.17. The molecule has 0 saturated carbocycles. The Balaban J connectivity index is 3.68. The van der Waals surface area contributed by atoms with Crippen molar-refractivity contribution in [3.05, 3.63) is 0 Å². The van der Waals surface area contributed by atoms with E-state index >= 15 is 0 Å². The van der Waals surface area contributed by atoms with Gasteiger partial charge in [0.05, 0.1) is 0 Å². The zero-order valence-corrected chi connectivity index (χ0v) is 9.86. The summed E-state index contributed by atoms with van der Waals surface area (Å²) < 4.78 is 0. The van der Waals surface area contributed by atoms with E-state index in [4.69, 9.17) is 5.11 Å². The van der Waals surface area contributed by atoms with Gasteiger partial charge < -0.3 is 5.11 Å². The van der Waals surface area contributed by atoms with E-state index in [9.17, 15) is 4.79 Å². The summed E-state index contributed by atoms with van der Waals surface area (Å²) in [5.41, 5.74) is 5.76. The lowest BCUT2D eigenvalue weighted by molar-refractivity contribution is -0.139. The summed E-state index contributed by atoms with van der Waals surface area (Å²) in [6.07, 6.45) is 2.61. The first kappa shape index (κ1) is 13.7. The molecule has 0 spiro atoms. The Hall–Kier alpha value is -0.260. The number of nitrogens with one attached hydrogen (secondary N) is 2. The van der Waals surface area contributed by atoms with Gasteiger partial charge >= 0.3 is 5.97 Å². The maximum atomic E-state index is 10.8. The average molecular weight is 220 g/mol. The monoisotopic (exact) mass is 220 g/mol. The van der Waals surface area contributed by atoms with Crippen LogP contribution in [0.1, 0.15) is 20.3 Å². The second-order valence-corrected chi connectivity index (χ2v) is 4.58. The highest BCUT2D eigenvalue weighted by molar-refractivity contribution is 7.98. The van der Waals surface area contributed by atoms with Gasteiger partial charge in [0.2, 0.25) is 0 Å². The first-order valence-electron chi connectivity index (χ1n) is 4.78. The Kier molecular flexibility index (Phi) is 7.93. The number of thioether (sulfide) groups is 1. The van der Waals surface area contributed by atoms with Crippen molar-refractivity contribution >= 4 is 17.7 Å². The highest BCUT2D eigenvalue weighted by Crippen LogP contribution is 2.00. The molecule has 1 atom stereocenters. The van der Waals surface area contributed by atoms with Gasteiger partial charge in [-0.15, -0.1) is 0 Å². The minimum Gasteiger partial charge on any atom is -0.480 e. The maximum absolute atomic E-state index is 10.8. The lowest BCUT2D eigenvalue weighted by atomic mass is 10.2. The van der Waals surface area contributed by atoms with Crippen molar-refractivity contribution in [2.24, 2.45) is 5.92 Å². The molecule has 84 valence electrons. The molecule has 0 aromatic carbocycles. The Labute approximate surface area is 89.8 Å². The lowest BCUT2D eigenvalue weighted by Crippen LogP contribution is -2.46. The van der Waals surface area contributed by atoms with Gasteiger partial charge in [-0.25, -0.2) is 5.43 Å². The number of hydrogen-bond acceptors (Lipinski definition) is 4. The average Bonchev–Trinajstić information content (AvgIpc) is 2.09. The molecular formula is C9H20N2O2S. The fraction of sp³-hybridized carbons (Fsp3) is 0.889. The fourth-order valence-electron chi connectivity index (χ4n) is 0.879. The number of carboxylic acid groups (broad SMARTS) is 1. The third-order valence-electron chi connectivity index (χ3n) is 1.70. The number of carboxylic acids is 1. The summed E-state index contributed by atoms with van der Waals surface area (Å²) in [6, 6.07) is -0.485. The smallest absolute Gasteiger partial charge is 0.322 e. The van der Waals surface area contributed by atoms with Crippen LogP contribution in [0.25, 0.3) is 0 Å². The first-order chi connectivity index (χ1) is 6.57. The number of rotatable bonds is 8. The Morgan fingerprint density at radius 1 is 1.50 bits per heavy atom. The van der Waals surface area contributed by atoms with Gasteiger partial charge in [-0.05, 0) is 24.3 Å². The SMILES string of the molecule is CSCC[C@H](NNCC(C)C)C(=O)O. The van der Waals surface area contributed by atoms with Crippen LogP contribution in [-0.2, 0) is 4.79 Å². The largest absolute Gasteiger partial charge is 0.480 e. The van der Waals surface area contributed by atoms with Gasteiger partial charge in [0.15, 0.2) is 0 Å². The molecule has 0 bridgehead atoms. The molecule has 0 rings (SSSR count). The van der Waals surface area contributed by atoms with Crippen molar-refractivity contribution in [3.8, 4) is 0 Å². The zero-order valence-electron chi connectivity index (χ0n) is 9.04. The summed E-state index contributed by atoms with van der Waals surface area (Å²) in [6.45, 7) is 4.93. The molecule has 14 heavy (non-hydrogen) atoms. The summed E-state index contributed by atoms with van der Waals surface area (Å²) >= 11 is 1.66. The van der Waals surface area contributed by atoms with Gasteiger partial charge in [0.1, 0.15) is 6.04 Å². The van der Waals surface area contributed by atoms with Crippen molar-refractivity contribution in [1.82, 2.24) is 10.9 Å². The molecule has 0 saturated heterocycles. The predicted molar refractivity (Wildman–Crippen MR) is 60.4 cm³/mol. The molecule has 0 amide bonds. The number of hydrazine groups is 1. The number of carbonyl (C=O) groups is 1. The standard InChI is InChI=1S/C9H20N2O2S/c1-7(2)6-10-11-8(9(12)13)4-5-14-3/h7-8,10-11H,4-6H2,1-3H3,(H,12,13)/t8-/m0/s1. The molecule has 0 fully saturated rings. The van der Waals surface area contributed by atoms with Crippen molar-refractivity contribution in [2.45, 2.75) is 26.3 Å². The molecule has 3 N–H and O–H groups in total. The Morgan fingerprint density at radius 3 is 2.57 bits per heavy atom. The second-order valence-electron chi connectivity index (χ2n) is 3.59. The van der Waals surface area contributed by atoms with Crippen LogP contribution >= 0.6 is 11.8 Å². The highest BCUT2D eigenvalue weighted by Gasteiger charge is 2.15. The normalized spacial score (nSPS) is 13.1. The topological polar surface area (TPSA) is 61.4 Å². The third-order valence-corrected chi connectivity index (χ3v) is 2.34. The van der Waals surface area contributed by atoms with Gasteiger partial charge in [0.25, 0.3) is 0 Å². The number of aliphatic carboxylic acids is 1.